The van der Waals surface area contributed by atoms with Gasteiger partial charge in [-0.3, -0.25) is 4.21 Å². The van der Waals surface area contributed by atoms with Crippen molar-refractivity contribution >= 4 is 28.8 Å². The molecule has 11 heavy (non-hydrogen) atoms. The van der Waals surface area contributed by atoms with Crippen molar-refractivity contribution in [3.8, 4) is 0 Å². The summed E-state index contributed by atoms with van der Waals surface area (Å²) >= 11 is 3.24. The fourth-order valence-electron chi connectivity index (χ4n) is 0. The molecule has 0 spiro atoms. The van der Waals surface area contributed by atoms with Crippen LogP contribution in [-0.4, -0.2) is 28.0 Å². The first-order valence-electron chi connectivity index (χ1n) is 1.27. The monoisotopic (exact) mass is 256 g/mol. The zero-order chi connectivity index (χ0) is 8.08. The van der Waals surface area contributed by atoms with Gasteiger partial charge in [0.1, 0.15) is 0 Å². The summed E-state index contributed by atoms with van der Waals surface area (Å²) < 4.78 is 26.7. The average molecular weight is 256 g/mol. The summed E-state index contributed by atoms with van der Waals surface area (Å²) in [5.41, 5.74) is 0. The summed E-state index contributed by atoms with van der Waals surface area (Å²) in [6.45, 7) is 0. The summed E-state index contributed by atoms with van der Waals surface area (Å²) in [5, 5.41) is 0. The Hall–Kier alpha value is 3.24. The van der Waals surface area contributed by atoms with Gasteiger partial charge in [0, 0.05) is 0 Å². The Balaban J connectivity index is -0.0000000383. The minimum absolute atomic E-state index is 0. The van der Waals surface area contributed by atoms with E-state index in [2.05, 4.69) is 11.2 Å². The second kappa shape index (κ2) is 13.2. The predicted molar refractivity (Wildman–Crippen MR) is 30.6 cm³/mol. The molecule has 0 saturated carbocycles. The van der Waals surface area contributed by atoms with E-state index < -0.39 is 17.7 Å². The molecule has 0 unspecified atom stereocenters. The van der Waals surface area contributed by atoms with Crippen molar-refractivity contribution < 1.29 is 109 Å². The Bertz CT molecular complexity index is 132. The van der Waals surface area contributed by atoms with Gasteiger partial charge in [-0.25, -0.2) is 0 Å². The smallest absolute Gasteiger partial charge is 0.780 e. The van der Waals surface area contributed by atoms with Gasteiger partial charge in [-0.05, 0) is 11.2 Å². The normalized spacial score (nSPS) is 8.55. The molecule has 0 aliphatic carbocycles. The van der Waals surface area contributed by atoms with Gasteiger partial charge in [0.15, 0.2) is 0 Å². The summed E-state index contributed by atoms with van der Waals surface area (Å²) in [6.07, 6.45) is 0. The number of rotatable bonds is 0. The van der Waals surface area contributed by atoms with Gasteiger partial charge in [0.25, 0.3) is 0 Å². The van der Waals surface area contributed by atoms with E-state index in [9.17, 15) is 0 Å². The molecule has 0 radical (unpaired) electrons. The SMILES string of the molecule is O=S([O-])([O-])=S.OP(O)O.[K+].[Na+]. The van der Waals surface area contributed by atoms with E-state index in [4.69, 9.17) is 28.0 Å². The van der Waals surface area contributed by atoms with Crippen LogP contribution in [0.25, 0.3) is 0 Å². The topological polar surface area (TPSA) is 124 Å². The zero-order valence-corrected chi connectivity index (χ0v) is 13.5. The molecule has 0 aromatic rings. The molecule has 0 amide bonds. The largest absolute Gasteiger partial charge is 1.00 e. The zero-order valence-electron chi connectivity index (χ0n) is 5.83. The summed E-state index contributed by atoms with van der Waals surface area (Å²) in [7, 11) is -6.95. The molecule has 0 fully saturated rings. The maximum absolute atomic E-state index is 8.89. The molecule has 0 aliphatic rings. The fraction of sp³-hybridized carbons (Fsp3) is 0. The van der Waals surface area contributed by atoms with Crippen molar-refractivity contribution in [2.75, 3.05) is 0 Å². The molecular formula is H3KNaO6PS2. The fourth-order valence-corrected chi connectivity index (χ4v) is 0. The van der Waals surface area contributed by atoms with Crippen molar-refractivity contribution in [2.24, 2.45) is 0 Å². The molecule has 58 valence electrons. The molecule has 3 N–H and O–H groups in total. The minimum atomic E-state index is -4.33. The first kappa shape index (κ1) is 23.8. The van der Waals surface area contributed by atoms with E-state index in [1.54, 1.807) is 0 Å². The van der Waals surface area contributed by atoms with E-state index >= 15 is 0 Å². The Morgan fingerprint density at radius 3 is 1.27 bits per heavy atom. The Labute approximate surface area is 135 Å². The van der Waals surface area contributed by atoms with Crippen LogP contribution in [0.1, 0.15) is 0 Å². The summed E-state index contributed by atoms with van der Waals surface area (Å²) in [4.78, 5) is 21.7. The standard InChI is InChI=1S/K.Na.H3O3P.H2O3S2/c;;1-4(2)3;1-5(2,3)4/h;;1-3H;(H2,1,2,3,4)/q2*+1;;/p-2. The Morgan fingerprint density at radius 1 is 1.27 bits per heavy atom. The average Bonchev–Trinajstić information content (AvgIpc) is 1.19. The van der Waals surface area contributed by atoms with Crippen molar-refractivity contribution in [1.82, 2.24) is 0 Å². The molecule has 11 heteroatoms. The minimum Gasteiger partial charge on any atom is -0.780 e. The van der Waals surface area contributed by atoms with Gasteiger partial charge in [-0.1, -0.05) is 0 Å². The van der Waals surface area contributed by atoms with Gasteiger partial charge in [0.2, 0.25) is 0 Å². The van der Waals surface area contributed by atoms with Crippen molar-refractivity contribution in [1.29, 1.82) is 0 Å². The van der Waals surface area contributed by atoms with E-state index in [1.165, 1.54) is 0 Å². The predicted octanol–water partition coefficient (Wildman–Crippen LogP) is -7.81. The number of hydrogen-bond acceptors (Lipinski definition) is 7. The van der Waals surface area contributed by atoms with Crippen molar-refractivity contribution in [2.45, 2.75) is 0 Å². The third kappa shape index (κ3) is 160. The van der Waals surface area contributed by atoms with Crippen LogP contribution < -0.4 is 80.9 Å². The van der Waals surface area contributed by atoms with Crippen LogP contribution in [0.2, 0.25) is 0 Å². The maximum Gasteiger partial charge on any atom is 1.00 e. The van der Waals surface area contributed by atoms with Crippen molar-refractivity contribution in [3.63, 3.8) is 0 Å². The first-order valence-corrected chi connectivity index (χ1v) is 4.80. The van der Waals surface area contributed by atoms with Crippen LogP contribution in [0, 0.1) is 0 Å². The quantitative estimate of drug-likeness (QED) is 0.290. The Kier molecular flexibility index (Phi) is 28.6. The van der Waals surface area contributed by atoms with Crippen LogP contribution in [0.5, 0.6) is 0 Å². The molecule has 0 saturated heterocycles. The van der Waals surface area contributed by atoms with Gasteiger partial charge in [-0.2, -0.15) is 0 Å². The molecular weight excluding hydrogens is 253 g/mol. The molecule has 0 heterocycles. The molecule has 0 aliphatic heterocycles. The second-order valence-corrected chi connectivity index (χ2v) is 3.25. The Morgan fingerprint density at radius 2 is 1.27 bits per heavy atom. The number of hydrogen-bond donors (Lipinski definition) is 3. The van der Waals surface area contributed by atoms with Crippen molar-refractivity contribution in [3.05, 3.63) is 0 Å². The molecule has 0 aromatic heterocycles. The van der Waals surface area contributed by atoms with E-state index in [0.717, 1.165) is 0 Å². The van der Waals surface area contributed by atoms with E-state index in [-0.39, 0.29) is 80.9 Å². The maximum atomic E-state index is 8.89. The van der Waals surface area contributed by atoms with Gasteiger partial charge >= 0.3 is 89.5 Å². The molecule has 0 atom stereocenters. The van der Waals surface area contributed by atoms with Crippen LogP contribution in [0.3, 0.4) is 0 Å². The van der Waals surface area contributed by atoms with E-state index in [1.807, 2.05) is 0 Å². The van der Waals surface area contributed by atoms with Crippen LogP contribution >= 0.6 is 8.60 Å². The van der Waals surface area contributed by atoms with E-state index in [0.29, 0.717) is 0 Å². The van der Waals surface area contributed by atoms with Gasteiger partial charge in [0.05, 0.1) is 0 Å². The van der Waals surface area contributed by atoms with Gasteiger partial charge < -0.3 is 23.8 Å². The molecule has 0 rings (SSSR count). The third-order valence-electron chi connectivity index (χ3n) is 0. The summed E-state index contributed by atoms with van der Waals surface area (Å²) in [6, 6.07) is 0. The third-order valence-corrected chi connectivity index (χ3v) is 0. The molecule has 6 nitrogen and oxygen atoms in total. The second-order valence-electron chi connectivity index (χ2n) is 0.677. The van der Waals surface area contributed by atoms with Gasteiger partial charge in [-0.15, -0.1) is 9.05 Å². The molecule has 0 bridgehead atoms. The summed E-state index contributed by atoms with van der Waals surface area (Å²) in [5.74, 6) is 0. The van der Waals surface area contributed by atoms with Crippen LogP contribution in [0.4, 0.5) is 0 Å². The first-order chi connectivity index (χ1) is 3.73. The van der Waals surface area contributed by atoms with Crippen LogP contribution in [-0.2, 0) is 20.2 Å². The molecule has 0 aromatic carbocycles. The van der Waals surface area contributed by atoms with Crippen LogP contribution in [0.15, 0.2) is 0 Å².